The first-order chi connectivity index (χ1) is 7.56. The third-order valence-corrected chi connectivity index (χ3v) is 3.08. The summed E-state index contributed by atoms with van der Waals surface area (Å²) >= 11 is 0. The van der Waals surface area contributed by atoms with Crippen LogP contribution in [0.15, 0.2) is 18.2 Å². The molecule has 1 aliphatic carbocycles. The zero-order chi connectivity index (χ0) is 11.7. The third kappa shape index (κ3) is 2.70. The zero-order valence-electron chi connectivity index (χ0n) is 9.99. The van der Waals surface area contributed by atoms with Gasteiger partial charge < -0.3 is 5.73 Å². The first-order valence-electron chi connectivity index (χ1n) is 5.93. The van der Waals surface area contributed by atoms with E-state index in [2.05, 4.69) is 32.0 Å². The lowest BCUT2D eigenvalue weighted by molar-refractivity contribution is -0.121. The average Bonchev–Trinajstić information content (AvgIpc) is 2.97. The van der Waals surface area contributed by atoms with Crippen molar-refractivity contribution >= 4 is 5.78 Å². The summed E-state index contributed by atoms with van der Waals surface area (Å²) in [5.74, 6) is 0.514. The average molecular weight is 217 g/mol. The predicted octanol–water partition coefficient (Wildman–Crippen LogP) is 2.15. The van der Waals surface area contributed by atoms with Crippen LogP contribution in [0.5, 0.6) is 0 Å². The number of carbonyl (C=O) groups is 1. The van der Waals surface area contributed by atoms with Gasteiger partial charge in [-0.3, -0.25) is 4.79 Å². The minimum absolute atomic E-state index is 0.249. The van der Waals surface area contributed by atoms with Crippen LogP contribution in [0.2, 0.25) is 0 Å². The molecule has 1 fully saturated rings. The predicted molar refractivity (Wildman–Crippen MR) is 65.3 cm³/mol. The summed E-state index contributed by atoms with van der Waals surface area (Å²) in [7, 11) is 0. The van der Waals surface area contributed by atoms with Crippen LogP contribution < -0.4 is 5.73 Å². The Bertz CT molecular complexity index is 387. The number of benzene rings is 1. The van der Waals surface area contributed by atoms with E-state index in [0.717, 1.165) is 12.8 Å². The van der Waals surface area contributed by atoms with Crippen molar-refractivity contribution in [1.82, 2.24) is 0 Å². The van der Waals surface area contributed by atoms with E-state index in [9.17, 15) is 4.79 Å². The molecule has 0 radical (unpaired) electrons. The Hall–Kier alpha value is -1.15. The number of nitrogens with two attached hydrogens (primary N) is 1. The number of aryl methyl sites for hydroxylation is 2. The van der Waals surface area contributed by atoms with E-state index in [1.54, 1.807) is 0 Å². The van der Waals surface area contributed by atoms with E-state index >= 15 is 0 Å². The lowest BCUT2D eigenvalue weighted by Gasteiger charge is -2.11. The van der Waals surface area contributed by atoms with Crippen LogP contribution in [0.1, 0.15) is 29.5 Å². The molecule has 1 aromatic rings. The summed E-state index contributed by atoms with van der Waals surface area (Å²) in [6.07, 6.45) is 2.76. The highest BCUT2D eigenvalue weighted by atomic mass is 16.1. The van der Waals surface area contributed by atoms with Crippen LogP contribution in [-0.4, -0.2) is 11.8 Å². The van der Waals surface area contributed by atoms with Crippen molar-refractivity contribution in [2.75, 3.05) is 0 Å². The molecule has 0 bridgehead atoms. The van der Waals surface area contributed by atoms with Gasteiger partial charge in [0.2, 0.25) is 0 Å². The fraction of sp³-hybridized carbons (Fsp3) is 0.500. The second-order valence-corrected chi connectivity index (χ2v) is 4.98. The van der Waals surface area contributed by atoms with Gasteiger partial charge >= 0.3 is 0 Å². The fourth-order valence-corrected chi connectivity index (χ4v) is 2.21. The van der Waals surface area contributed by atoms with Gasteiger partial charge in [-0.25, -0.2) is 0 Å². The fourth-order valence-electron chi connectivity index (χ4n) is 2.21. The molecule has 0 aliphatic heterocycles. The lowest BCUT2D eigenvalue weighted by atomic mass is 9.98. The molecule has 1 aliphatic rings. The van der Waals surface area contributed by atoms with Gasteiger partial charge in [-0.05, 0) is 38.7 Å². The maximum atomic E-state index is 11.8. The third-order valence-electron chi connectivity index (χ3n) is 3.08. The number of ketones is 1. The zero-order valence-corrected chi connectivity index (χ0v) is 9.99. The van der Waals surface area contributed by atoms with Gasteiger partial charge in [-0.15, -0.1) is 0 Å². The van der Waals surface area contributed by atoms with Crippen molar-refractivity contribution in [2.45, 2.75) is 39.2 Å². The van der Waals surface area contributed by atoms with E-state index in [0.29, 0.717) is 6.42 Å². The second kappa shape index (κ2) is 4.38. The van der Waals surface area contributed by atoms with Gasteiger partial charge in [0.1, 0.15) is 0 Å². The van der Waals surface area contributed by atoms with Crippen molar-refractivity contribution < 1.29 is 4.79 Å². The van der Waals surface area contributed by atoms with E-state index in [-0.39, 0.29) is 17.7 Å². The first kappa shape index (κ1) is 11.3. The van der Waals surface area contributed by atoms with Crippen LogP contribution >= 0.6 is 0 Å². The molecule has 0 amide bonds. The van der Waals surface area contributed by atoms with Crippen LogP contribution in [-0.2, 0) is 11.2 Å². The highest BCUT2D eigenvalue weighted by molar-refractivity contribution is 5.88. The number of rotatable bonds is 4. The van der Waals surface area contributed by atoms with Gasteiger partial charge in [0.05, 0.1) is 6.04 Å². The summed E-state index contributed by atoms with van der Waals surface area (Å²) < 4.78 is 0. The van der Waals surface area contributed by atoms with E-state index < -0.39 is 0 Å². The van der Waals surface area contributed by atoms with Crippen molar-refractivity contribution in [1.29, 1.82) is 0 Å². The highest BCUT2D eigenvalue weighted by Gasteiger charge is 2.32. The summed E-state index contributed by atoms with van der Waals surface area (Å²) in [5.41, 5.74) is 9.59. The Morgan fingerprint density at radius 1 is 1.31 bits per heavy atom. The van der Waals surface area contributed by atoms with E-state index in [1.807, 2.05) is 0 Å². The number of hydrogen-bond donors (Lipinski definition) is 1. The minimum atomic E-state index is -0.311. The Morgan fingerprint density at radius 2 is 1.88 bits per heavy atom. The largest absolute Gasteiger partial charge is 0.321 e. The van der Waals surface area contributed by atoms with E-state index in [4.69, 9.17) is 5.73 Å². The molecule has 86 valence electrons. The number of carbonyl (C=O) groups excluding carboxylic acids is 1. The van der Waals surface area contributed by atoms with Crippen LogP contribution in [0.4, 0.5) is 0 Å². The topological polar surface area (TPSA) is 43.1 Å². The van der Waals surface area contributed by atoms with Crippen molar-refractivity contribution in [3.05, 3.63) is 34.9 Å². The maximum Gasteiger partial charge on any atom is 0.152 e. The Morgan fingerprint density at radius 3 is 2.38 bits per heavy atom. The summed E-state index contributed by atoms with van der Waals surface area (Å²) in [4.78, 5) is 11.8. The monoisotopic (exact) mass is 217 g/mol. The van der Waals surface area contributed by atoms with E-state index in [1.165, 1.54) is 16.7 Å². The van der Waals surface area contributed by atoms with Gasteiger partial charge in [0.25, 0.3) is 0 Å². The number of Topliss-reactive ketones (excluding diaryl/α,β-unsaturated/α-hetero) is 1. The maximum absolute atomic E-state index is 11.8. The standard InChI is InChI=1S/C14H19NO/c1-9-5-10(2)7-11(6-9)8-13(15)14(16)12-3-4-12/h5-7,12-13H,3-4,8,15H2,1-2H3. The number of hydrogen-bond acceptors (Lipinski definition) is 2. The van der Waals surface area contributed by atoms with Gasteiger partial charge in [0.15, 0.2) is 5.78 Å². The molecule has 2 rings (SSSR count). The molecular formula is C14H19NO. The smallest absolute Gasteiger partial charge is 0.152 e. The SMILES string of the molecule is Cc1cc(C)cc(CC(N)C(=O)C2CC2)c1. The lowest BCUT2D eigenvalue weighted by Crippen LogP contribution is -2.33. The molecule has 1 aromatic carbocycles. The van der Waals surface area contributed by atoms with Crippen LogP contribution in [0.25, 0.3) is 0 Å². The molecule has 0 aromatic heterocycles. The molecule has 1 atom stereocenters. The molecule has 0 heterocycles. The van der Waals surface area contributed by atoms with Crippen molar-refractivity contribution in [3.8, 4) is 0 Å². The summed E-state index contributed by atoms with van der Waals surface area (Å²) in [5, 5.41) is 0. The molecule has 0 spiro atoms. The molecule has 1 unspecified atom stereocenters. The first-order valence-corrected chi connectivity index (χ1v) is 5.93. The van der Waals surface area contributed by atoms with Crippen LogP contribution in [0, 0.1) is 19.8 Å². The van der Waals surface area contributed by atoms with Crippen LogP contribution in [0.3, 0.4) is 0 Å². The van der Waals surface area contributed by atoms with Gasteiger partial charge in [-0.2, -0.15) is 0 Å². The highest BCUT2D eigenvalue weighted by Crippen LogP contribution is 2.31. The van der Waals surface area contributed by atoms with Gasteiger partial charge in [0, 0.05) is 5.92 Å². The molecule has 16 heavy (non-hydrogen) atoms. The minimum Gasteiger partial charge on any atom is -0.321 e. The molecule has 0 saturated heterocycles. The van der Waals surface area contributed by atoms with Gasteiger partial charge in [-0.1, -0.05) is 29.3 Å². The molecule has 1 saturated carbocycles. The Kier molecular flexibility index (Phi) is 3.10. The Balaban J connectivity index is 2.04. The molecule has 2 heteroatoms. The normalized spacial score (nSPS) is 17.2. The van der Waals surface area contributed by atoms with Crippen molar-refractivity contribution in [2.24, 2.45) is 11.7 Å². The van der Waals surface area contributed by atoms with Crippen molar-refractivity contribution in [3.63, 3.8) is 0 Å². The molecular weight excluding hydrogens is 198 g/mol. The molecule has 2 nitrogen and oxygen atoms in total. The second-order valence-electron chi connectivity index (χ2n) is 4.98. The Labute approximate surface area is 96.8 Å². The summed E-state index contributed by atoms with van der Waals surface area (Å²) in [6, 6.07) is 6.06. The molecule has 2 N–H and O–H groups in total. The quantitative estimate of drug-likeness (QED) is 0.839. The summed E-state index contributed by atoms with van der Waals surface area (Å²) in [6.45, 7) is 4.15.